The van der Waals surface area contributed by atoms with Crippen LogP contribution in [0.3, 0.4) is 0 Å². The van der Waals surface area contributed by atoms with Gasteiger partial charge in [0.2, 0.25) is 11.9 Å². The number of guanidine groups is 1. The molecule has 320 valence electrons. The summed E-state index contributed by atoms with van der Waals surface area (Å²) in [6.07, 6.45) is 31.9. The van der Waals surface area contributed by atoms with Crippen molar-refractivity contribution in [3.63, 3.8) is 0 Å². The fourth-order valence-electron chi connectivity index (χ4n) is 6.55. The van der Waals surface area contributed by atoms with E-state index in [1.807, 2.05) is 6.92 Å². The quantitative estimate of drug-likeness (QED) is 0.0295. The van der Waals surface area contributed by atoms with Crippen molar-refractivity contribution in [1.82, 2.24) is 10.0 Å². The number of amides is 1. The fraction of sp³-hybridized carbons (Fsp3) is 0.818. The van der Waals surface area contributed by atoms with Crippen LogP contribution in [0.15, 0.2) is 34.2 Å². The first kappa shape index (κ1) is 50.8. The Labute approximate surface area is 337 Å². The highest BCUT2D eigenvalue weighted by atomic mass is 32.2. The topological polar surface area (TPSA) is 158 Å². The Morgan fingerprint density at radius 2 is 1.15 bits per heavy atom. The molecule has 11 heteroatoms. The molecular weight excluding hydrogens is 711 g/mol. The van der Waals surface area contributed by atoms with E-state index in [0.29, 0.717) is 39.2 Å². The first-order valence-corrected chi connectivity index (χ1v) is 23.8. The molecule has 0 fully saturated rings. The van der Waals surface area contributed by atoms with Crippen LogP contribution in [0, 0.1) is 6.92 Å². The number of rotatable bonds is 38. The third kappa shape index (κ3) is 29.7. The fourth-order valence-corrected chi connectivity index (χ4v) is 7.50. The Balaban J connectivity index is 2.36. The zero-order valence-electron chi connectivity index (χ0n) is 35.4. The van der Waals surface area contributed by atoms with Gasteiger partial charge in [-0.1, -0.05) is 173 Å². The summed E-state index contributed by atoms with van der Waals surface area (Å²) in [5.41, 5.74) is 13.0. The molecule has 0 aliphatic heterocycles. The molecule has 6 N–H and O–H groups in total. The van der Waals surface area contributed by atoms with Gasteiger partial charge < -0.3 is 26.3 Å². The Morgan fingerprint density at radius 1 is 0.691 bits per heavy atom. The molecule has 0 saturated carbocycles. The van der Waals surface area contributed by atoms with E-state index in [1.54, 1.807) is 12.1 Å². The first-order chi connectivity index (χ1) is 26.7. The maximum Gasteiger partial charge on any atom is 0.264 e. The van der Waals surface area contributed by atoms with Crippen LogP contribution in [-0.4, -0.2) is 65.3 Å². The average molecular weight is 794 g/mol. The van der Waals surface area contributed by atoms with Crippen molar-refractivity contribution in [2.24, 2.45) is 16.5 Å². The number of benzene rings is 1. The number of nitrogens with two attached hydrogens (primary N) is 2. The van der Waals surface area contributed by atoms with E-state index >= 15 is 0 Å². The van der Waals surface area contributed by atoms with Gasteiger partial charge in [0.25, 0.3) is 10.0 Å². The van der Waals surface area contributed by atoms with Crippen LogP contribution >= 0.6 is 0 Å². The number of unbranched alkanes of at least 4 members (excludes halogenated alkanes) is 22. The minimum atomic E-state index is -3.82. The van der Waals surface area contributed by atoms with Gasteiger partial charge >= 0.3 is 0 Å². The molecule has 10 nitrogen and oxygen atoms in total. The van der Waals surface area contributed by atoms with Gasteiger partial charge in [-0.3, -0.25) is 9.79 Å². The van der Waals surface area contributed by atoms with Gasteiger partial charge in [-0.2, -0.15) is 0 Å². The third-order valence-electron chi connectivity index (χ3n) is 10.2. The lowest BCUT2D eigenvalue weighted by Crippen LogP contribution is -2.45. The number of sulfonamides is 1. The van der Waals surface area contributed by atoms with E-state index in [0.717, 1.165) is 24.8 Å². The molecular formula is C44H83N5O5S. The van der Waals surface area contributed by atoms with E-state index in [2.05, 4.69) is 28.9 Å². The molecule has 1 aromatic rings. The minimum Gasteiger partial charge on any atom is -0.379 e. The molecule has 0 saturated heterocycles. The van der Waals surface area contributed by atoms with Crippen LogP contribution in [0.4, 0.5) is 0 Å². The summed E-state index contributed by atoms with van der Waals surface area (Å²) < 4.78 is 39.6. The van der Waals surface area contributed by atoms with Crippen molar-refractivity contribution >= 4 is 21.9 Å². The maximum absolute atomic E-state index is 12.8. The van der Waals surface area contributed by atoms with Gasteiger partial charge in [-0.05, 0) is 44.7 Å². The van der Waals surface area contributed by atoms with Gasteiger partial charge in [-0.25, -0.2) is 13.1 Å². The van der Waals surface area contributed by atoms with Crippen LogP contribution in [0.5, 0.6) is 0 Å². The van der Waals surface area contributed by atoms with E-state index < -0.39 is 16.1 Å². The maximum atomic E-state index is 12.8. The summed E-state index contributed by atoms with van der Waals surface area (Å²) in [6, 6.07) is 5.75. The highest BCUT2D eigenvalue weighted by molar-refractivity contribution is 7.90. The van der Waals surface area contributed by atoms with Crippen molar-refractivity contribution in [3.05, 3.63) is 29.8 Å². The lowest BCUT2D eigenvalue weighted by atomic mass is 10.1. The lowest BCUT2D eigenvalue weighted by Gasteiger charge is -2.20. The summed E-state index contributed by atoms with van der Waals surface area (Å²) in [7, 11) is -3.82. The van der Waals surface area contributed by atoms with E-state index in [1.165, 1.54) is 147 Å². The molecule has 0 aliphatic rings. The van der Waals surface area contributed by atoms with E-state index in [-0.39, 0.29) is 29.4 Å². The van der Waals surface area contributed by atoms with Crippen LogP contribution in [0.25, 0.3) is 0 Å². The smallest absolute Gasteiger partial charge is 0.264 e. The molecule has 0 aliphatic carbocycles. The summed E-state index contributed by atoms with van der Waals surface area (Å²) >= 11 is 0. The zero-order chi connectivity index (χ0) is 40.2. The summed E-state index contributed by atoms with van der Waals surface area (Å²) in [5.74, 6) is -0.452. The number of ether oxygens (including phenoxy) is 2. The molecule has 1 unspecified atom stereocenters. The van der Waals surface area contributed by atoms with Crippen molar-refractivity contribution in [3.8, 4) is 0 Å². The first-order valence-electron chi connectivity index (χ1n) is 22.3. The molecule has 1 aromatic carbocycles. The van der Waals surface area contributed by atoms with Crippen LogP contribution < -0.4 is 21.5 Å². The Hall–Kier alpha value is -2.21. The minimum absolute atomic E-state index is 0.112. The Kier molecular flexibility index (Phi) is 32.3. The second-order valence-electron chi connectivity index (χ2n) is 15.5. The number of carbonyl (C=O) groups is 1. The predicted molar refractivity (Wildman–Crippen MR) is 231 cm³/mol. The lowest BCUT2D eigenvalue weighted by molar-refractivity contribution is -0.123. The third-order valence-corrected chi connectivity index (χ3v) is 11.5. The van der Waals surface area contributed by atoms with Crippen molar-refractivity contribution in [2.75, 3.05) is 32.9 Å². The largest absolute Gasteiger partial charge is 0.379 e. The number of aryl methyl sites for hydroxylation is 1. The number of hydrogen-bond acceptors (Lipinski definition) is 7. The number of nitrogens with zero attached hydrogens (tertiary/aromatic N) is 1. The van der Waals surface area contributed by atoms with Crippen LogP contribution in [-0.2, 0) is 24.3 Å². The van der Waals surface area contributed by atoms with E-state index in [4.69, 9.17) is 20.9 Å². The molecule has 2 atom stereocenters. The molecule has 1 amide bonds. The van der Waals surface area contributed by atoms with Gasteiger partial charge in [0.1, 0.15) is 0 Å². The molecule has 1 rings (SSSR count). The second kappa shape index (κ2) is 35.0. The highest BCUT2D eigenvalue weighted by Gasteiger charge is 2.17. The highest BCUT2D eigenvalue weighted by Crippen LogP contribution is 2.14. The monoisotopic (exact) mass is 794 g/mol. The van der Waals surface area contributed by atoms with Crippen molar-refractivity contribution in [1.29, 1.82) is 0 Å². The molecule has 0 bridgehead atoms. The van der Waals surface area contributed by atoms with Crippen LogP contribution in [0.1, 0.15) is 186 Å². The molecule has 55 heavy (non-hydrogen) atoms. The zero-order valence-corrected chi connectivity index (χ0v) is 36.3. The van der Waals surface area contributed by atoms with Gasteiger partial charge in [0, 0.05) is 26.3 Å². The number of carbonyl (C=O) groups excluding carboxylic acids is 1. The summed E-state index contributed by atoms with van der Waals surface area (Å²) in [6.45, 7) is 8.79. The van der Waals surface area contributed by atoms with Gasteiger partial charge in [-0.15, -0.1) is 0 Å². The molecule has 0 spiro atoms. The predicted octanol–water partition coefficient (Wildman–Crippen LogP) is 9.62. The molecule has 0 aromatic heterocycles. The van der Waals surface area contributed by atoms with Crippen molar-refractivity contribution < 1.29 is 22.7 Å². The average Bonchev–Trinajstić information content (AvgIpc) is 3.16. The van der Waals surface area contributed by atoms with E-state index in [9.17, 15) is 13.2 Å². The number of aliphatic imine (C=N–C) groups is 1. The van der Waals surface area contributed by atoms with Crippen molar-refractivity contribution in [2.45, 2.75) is 205 Å². The second-order valence-corrected chi connectivity index (χ2v) is 17.2. The standard InChI is InChI=1S/C44H83N5O5S/c1-4-6-8-10-12-14-16-18-20-22-24-26-35-53-38-40(54-36-27-25-23-21-19-17-15-13-11-9-7-5-2)37-48-43(50)42(45)29-28-34-47-44(46)49-55(51,52)41-32-30-39(3)31-33-41/h30-33,40,42H,4-29,34-38,45H2,1-3H3,(H,48,50)(H3,46,47,49)/t40?,42-/m0/s1. The van der Waals surface area contributed by atoms with Gasteiger partial charge in [0.15, 0.2) is 0 Å². The van der Waals surface area contributed by atoms with Gasteiger partial charge in [0.05, 0.1) is 23.6 Å². The Morgan fingerprint density at radius 3 is 1.64 bits per heavy atom. The SMILES string of the molecule is CCCCCCCCCCCCCCOCC(CNC(=O)[C@@H](N)CCCN=C(N)NS(=O)(=O)c1ccc(C)cc1)OCCCCCCCCCCCCCC. The summed E-state index contributed by atoms with van der Waals surface area (Å²) in [5, 5.41) is 2.96. The normalized spacial score (nSPS) is 13.2. The molecule has 0 radical (unpaired) electrons. The number of hydrogen-bond donors (Lipinski definition) is 4. The number of nitrogens with one attached hydrogen (secondary N) is 2. The molecule has 0 heterocycles. The van der Waals surface area contributed by atoms with Crippen LogP contribution in [0.2, 0.25) is 0 Å². The Bertz CT molecular complexity index is 1180. The summed E-state index contributed by atoms with van der Waals surface area (Å²) in [4.78, 5) is 17.1.